The number of ketones is 1. The number of phenols is 1. The first-order valence-electron chi connectivity index (χ1n) is 10.8. The molecule has 2 aromatic rings. The number of halogens is 1. The third-order valence-corrected chi connectivity index (χ3v) is 4.47. The molecule has 0 amide bonds. The molecular weight excluding hydrogens is 375 g/mol. The second kappa shape index (κ2) is 13.0. The molecule has 0 aliphatic carbocycles. The summed E-state index contributed by atoms with van der Waals surface area (Å²) in [4.78, 5) is 10.7. The number of allylic oxidation sites excluding steroid dienone is 1. The van der Waals surface area contributed by atoms with Crippen molar-refractivity contribution in [1.29, 1.82) is 0 Å². The third-order valence-electron chi connectivity index (χ3n) is 4.47. The van der Waals surface area contributed by atoms with Gasteiger partial charge in [0.2, 0.25) is 0 Å². The van der Waals surface area contributed by atoms with Crippen LogP contribution in [0.2, 0.25) is 0 Å². The predicted octanol–water partition coefficient (Wildman–Crippen LogP) is 8.02. The molecule has 2 nitrogen and oxygen atoms in total. The van der Waals surface area contributed by atoms with Crippen LogP contribution >= 0.6 is 0 Å². The predicted molar refractivity (Wildman–Crippen MR) is 128 cm³/mol. The van der Waals surface area contributed by atoms with Crippen LogP contribution in [0.15, 0.2) is 43.0 Å². The first kappa shape index (κ1) is 27.6. The van der Waals surface area contributed by atoms with Crippen LogP contribution in [-0.4, -0.2) is 10.9 Å². The minimum absolute atomic E-state index is 0.194. The molecule has 0 heterocycles. The Morgan fingerprint density at radius 3 is 1.93 bits per heavy atom. The zero-order valence-electron chi connectivity index (χ0n) is 20.0. The van der Waals surface area contributed by atoms with E-state index in [0.29, 0.717) is 11.0 Å². The third kappa shape index (κ3) is 9.39. The number of aromatic hydroxyl groups is 1. The van der Waals surface area contributed by atoms with Crippen LogP contribution in [0.25, 0.3) is 5.57 Å². The topological polar surface area (TPSA) is 37.3 Å². The summed E-state index contributed by atoms with van der Waals surface area (Å²) >= 11 is 0. The molecule has 0 radical (unpaired) electrons. The van der Waals surface area contributed by atoms with Gasteiger partial charge < -0.3 is 5.11 Å². The van der Waals surface area contributed by atoms with Crippen molar-refractivity contribution in [3.8, 4) is 5.75 Å². The van der Waals surface area contributed by atoms with Crippen molar-refractivity contribution < 1.29 is 14.3 Å². The van der Waals surface area contributed by atoms with Gasteiger partial charge in [0.25, 0.3) is 0 Å². The highest BCUT2D eigenvalue weighted by Gasteiger charge is 2.13. The Morgan fingerprint density at radius 2 is 1.50 bits per heavy atom. The molecule has 0 atom stereocenters. The molecule has 0 aliphatic rings. The summed E-state index contributed by atoms with van der Waals surface area (Å²) in [5.74, 6) is -1.40. The number of carbonyl (C=O) groups excluding carboxylic acids is 1. The van der Waals surface area contributed by atoms with E-state index in [1.165, 1.54) is 35.3 Å². The molecule has 0 fully saturated rings. The van der Waals surface area contributed by atoms with Crippen LogP contribution in [0.4, 0.5) is 4.39 Å². The number of benzene rings is 2. The summed E-state index contributed by atoms with van der Waals surface area (Å²) < 4.78 is 12.4. The summed E-state index contributed by atoms with van der Waals surface area (Å²) in [6, 6.07) is 10.3. The number of hydrogen-bond donors (Lipinski definition) is 1. The van der Waals surface area contributed by atoms with Gasteiger partial charge in [-0.25, -0.2) is 4.39 Å². The molecule has 3 heteroatoms. The van der Waals surface area contributed by atoms with Crippen molar-refractivity contribution in [3.63, 3.8) is 0 Å². The minimum atomic E-state index is -0.713. The van der Waals surface area contributed by atoms with Gasteiger partial charge in [0, 0.05) is 5.56 Å². The van der Waals surface area contributed by atoms with Crippen molar-refractivity contribution in [3.05, 3.63) is 71.0 Å². The zero-order chi connectivity index (χ0) is 23.5. The van der Waals surface area contributed by atoms with Gasteiger partial charge in [0.05, 0.1) is 0 Å². The molecule has 2 aromatic carbocycles. The average Bonchev–Trinajstić information content (AvgIpc) is 2.70. The monoisotopic (exact) mass is 414 g/mol. The minimum Gasteiger partial charge on any atom is -0.505 e. The van der Waals surface area contributed by atoms with Gasteiger partial charge in [0.1, 0.15) is 0 Å². The van der Waals surface area contributed by atoms with E-state index in [9.17, 15) is 9.18 Å². The molecule has 0 unspecified atom stereocenters. The fourth-order valence-corrected chi connectivity index (χ4v) is 2.99. The van der Waals surface area contributed by atoms with E-state index >= 15 is 0 Å². The van der Waals surface area contributed by atoms with Crippen molar-refractivity contribution in [2.45, 2.75) is 74.7 Å². The molecule has 0 aromatic heterocycles. The van der Waals surface area contributed by atoms with Crippen molar-refractivity contribution in [1.82, 2.24) is 0 Å². The SMILES string of the molecule is C=C(CC(C)(C)C)c1ccc(CC)c(CC)c1.CC.CC(=O)c1ccc(F)c(O)c1. The van der Waals surface area contributed by atoms with Crippen LogP contribution in [0.3, 0.4) is 0 Å². The Labute approximate surface area is 182 Å². The van der Waals surface area contributed by atoms with Gasteiger partial charge >= 0.3 is 0 Å². The van der Waals surface area contributed by atoms with Gasteiger partial charge in [-0.3, -0.25) is 4.79 Å². The lowest BCUT2D eigenvalue weighted by atomic mass is 9.85. The van der Waals surface area contributed by atoms with Gasteiger partial charge in [-0.1, -0.05) is 73.2 Å². The van der Waals surface area contributed by atoms with Gasteiger partial charge in [-0.15, -0.1) is 0 Å². The first-order chi connectivity index (χ1) is 14.0. The van der Waals surface area contributed by atoms with Gasteiger partial charge in [-0.2, -0.15) is 0 Å². The van der Waals surface area contributed by atoms with Crippen molar-refractivity contribution >= 4 is 11.4 Å². The summed E-state index contributed by atoms with van der Waals surface area (Å²) in [7, 11) is 0. The Kier molecular flexibility index (Phi) is 11.9. The molecule has 30 heavy (non-hydrogen) atoms. The summed E-state index contributed by atoms with van der Waals surface area (Å²) in [6.45, 7) is 20.8. The number of aryl methyl sites for hydroxylation is 2. The fraction of sp³-hybridized carbons (Fsp3) is 0.444. The number of phenolic OH excluding ortho intramolecular Hbond substituents is 1. The van der Waals surface area contributed by atoms with Crippen molar-refractivity contribution in [2.24, 2.45) is 5.41 Å². The first-order valence-corrected chi connectivity index (χ1v) is 10.8. The number of Topliss-reactive ketones (excluding diaryl/α,β-unsaturated/α-hetero) is 1. The molecule has 0 saturated heterocycles. The van der Waals surface area contributed by atoms with Crippen LogP contribution in [-0.2, 0) is 12.8 Å². The smallest absolute Gasteiger partial charge is 0.164 e. The highest BCUT2D eigenvalue weighted by Crippen LogP contribution is 2.30. The molecule has 1 N–H and O–H groups in total. The lowest BCUT2D eigenvalue weighted by Crippen LogP contribution is -2.05. The molecule has 0 saturated carbocycles. The van der Waals surface area contributed by atoms with E-state index < -0.39 is 11.6 Å². The Bertz CT molecular complexity index is 829. The standard InChI is InChI=1S/C17H26.C8H7FO2.C2H6/c1-7-14-9-10-16(11-15(14)8-2)13(3)12-17(4,5)6;1-5(10)6-2-3-7(9)8(11)4-6;1-2/h9-11H,3,7-8,12H2,1-2,4-6H3;2-4,11H,1H3;1-2H3. The molecule has 0 bridgehead atoms. The zero-order valence-corrected chi connectivity index (χ0v) is 20.0. The van der Waals surface area contributed by atoms with E-state index in [1.54, 1.807) is 0 Å². The van der Waals surface area contributed by atoms with E-state index in [-0.39, 0.29) is 5.78 Å². The molecular formula is C27H39FO2. The number of rotatable bonds is 5. The van der Waals surface area contributed by atoms with Crippen LogP contribution in [0, 0.1) is 11.2 Å². The summed E-state index contributed by atoms with van der Waals surface area (Å²) in [6.07, 6.45) is 3.29. The Morgan fingerprint density at radius 1 is 0.967 bits per heavy atom. The van der Waals surface area contributed by atoms with E-state index in [4.69, 9.17) is 5.11 Å². The maximum absolute atomic E-state index is 12.4. The van der Waals surface area contributed by atoms with Crippen LogP contribution in [0.5, 0.6) is 5.75 Å². The second-order valence-electron chi connectivity index (χ2n) is 8.25. The average molecular weight is 415 g/mol. The van der Waals surface area contributed by atoms with Crippen LogP contribution in [0.1, 0.15) is 88.9 Å². The fourth-order valence-electron chi connectivity index (χ4n) is 2.99. The summed E-state index contributed by atoms with van der Waals surface area (Å²) in [5.41, 5.74) is 6.14. The maximum Gasteiger partial charge on any atom is 0.164 e. The highest BCUT2D eigenvalue weighted by atomic mass is 19.1. The molecule has 2 rings (SSSR count). The highest BCUT2D eigenvalue weighted by molar-refractivity contribution is 5.94. The normalized spacial score (nSPS) is 10.3. The van der Waals surface area contributed by atoms with Crippen molar-refractivity contribution in [2.75, 3.05) is 0 Å². The lowest BCUT2D eigenvalue weighted by molar-refractivity contribution is 0.101. The number of hydrogen-bond acceptors (Lipinski definition) is 2. The Hall–Kier alpha value is -2.42. The van der Waals surface area contributed by atoms with Crippen LogP contribution < -0.4 is 0 Å². The van der Waals surface area contributed by atoms with E-state index in [0.717, 1.165) is 31.4 Å². The lowest BCUT2D eigenvalue weighted by Gasteiger charge is -2.20. The quantitative estimate of drug-likeness (QED) is 0.503. The van der Waals surface area contributed by atoms with E-state index in [1.807, 2.05) is 13.8 Å². The second-order valence-corrected chi connectivity index (χ2v) is 8.25. The number of carbonyl (C=O) groups is 1. The summed E-state index contributed by atoms with van der Waals surface area (Å²) in [5, 5.41) is 8.82. The van der Waals surface area contributed by atoms with Gasteiger partial charge in [0.15, 0.2) is 17.3 Å². The Balaban J connectivity index is 0.000000557. The van der Waals surface area contributed by atoms with Gasteiger partial charge in [-0.05, 0) is 72.1 Å². The molecule has 166 valence electrons. The van der Waals surface area contributed by atoms with E-state index in [2.05, 4.69) is 59.4 Å². The largest absolute Gasteiger partial charge is 0.505 e. The molecule has 0 aliphatic heterocycles. The maximum atomic E-state index is 12.4. The molecule has 0 spiro atoms.